The summed E-state index contributed by atoms with van der Waals surface area (Å²) in [5, 5.41) is 0. The van der Waals surface area contributed by atoms with Crippen molar-refractivity contribution in [1.29, 1.82) is 0 Å². The summed E-state index contributed by atoms with van der Waals surface area (Å²) in [6.07, 6.45) is 11.2. The Balaban J connectivity index is 2.21. The van der Waals surface area contributed by atoms with Crippen LogP contribution in [0.4, 0.5) is 5.95 Å². The summed E-state index contributed by atoms with van der Waals surface area (Å²) in [6, 6.07) is -0.259. The molecule has 0 spiro atoms. The number of primary amides is 1. The number of aryl methyl sites for hydroxylation is 1. The Labute approximate surface area is 169 Å². The largest absolute Gasteiger partial charge is 0.370 e. The van der Waals surface area contributed by atoms with E-state index >= 15 is 0 Å². The van der Waals surface area contributed by atoms with Crippen LogP contribution in [-0.4, -0.2) is 21.2 Å². The first-order valence-electron chi connectivity index (χ1n) is 11.0. The van der Waals surface area contributed by atoms with Crippen molar-refractivity contribution in [2.45, 2.75) is 91.0 Å². The number of nitrogens with zero attached hydrogens (tertiary/aromatic N) is 2. The molecule has 2 rings (SSSR count). The normalized spacial score (nSPS) is 17.6. The third kappa shape index (κ3) is 6.35. The first-order valence-corrected chi connectivity index (χ1v) is 11.0. The molecule has 0 aromatic carbocycles. The van der Waals surface area contributed by atoms with Crippen molar-refractivity contribution in [2.75, 3.05) is 5.73 Å². The van der Waals surface area contributed by atoms with Gasteiger partial charge in [-0.3, -0.25) is 9.59 Å². The zero-order valence-electron chi connectivity index (χ0n) is 17.8. The Morgan fingerprint density at radius 3 is 2.50 bits per heavy atom. The van der Waals surface area contributed by atoms with Gasteiger partial charge in [0.2, 0.25) is 11.9 Å². The van der Waals surface area contributed by atoms with Gasteiger partial charge in [0, 0.05) is 19.0 Å². The van der Waals surface area contributed by atoms with E-state index < -0.39 is 0 Å². The second kappa shape index (κ2) is 10.6. The van der Waals surface area contributed by atoms with Crippen LogP contribution in [-0.2, 0) is 16.0 Å². The van der Waals surface area contributed by atoms with Crippen LogP contribution >= 0.6 is 0 Å². The monoisotopic (exact) mass is 390 g/mol. The van der Waals surface area contributed by atoms with E-state index in [4.69, 9.17) is 11.5 Å². The van der Waals surface area contributed by atoms with Gasteiger partial charge in [-0.1, -0.05) is 59.3 Å². The lowest BCUT2D eigenvalue weighted by Crippen LogP contribution is -2.27. The van der Waals surface area contributed by atoms with Gasteiger partial charge in [0.05, 0.1) is 11.7 Å². The second-order valence-electron chi connectivity index (χ2n) is 8.80. The molecule has 1 aromatic rings. The molecule has 1 saturated carbocycles. The number of imidazole rings is 1. The van der Waals surface area contributed by atoms with Crippen molar-refractivity contribution in [3.05, 3.63) is 11.9 Å². The summed E-state index contributed by atoms with van der Waals surface area (Å²) in [5.74, 6) is 1.71. The third-order valence-electron chi connectivity index (χ3n) is 6.36. The van der Waals surface area contributed by atoms with Crippen LogP contribution in [0.5, 0.6) is 0 Å². The van der Waals surface area contributed by atoms with Gasteiger partial charge >= 0.3 is 0 Å². The molecule has 0 radical (unpaired) electrons. The molecular weight excluding hydrogens is 352 g/mol. The fourth-order valence-corrected chi connectivity index (χ4v) is 4.47. The number of Topliss-reactive ketones (excluding diaryl/α,β-unsaturated/α-hetero) is 1. The van der Waals surface area contributed by atoms with Crippen molar-refractivity contribution in [1.82, 2.24) is 9.55 Å². The molecule has 0 bridgehead atoms. The molecule has 1 aromatic heterocycles. The summed E-state index contributed by atoms with van der Waals surface area (Å²) in [7, 11) is 0. The molecule has 6 nitrogen and oxygen atoms in total. The summed E-state index contributed by atoms with van der Waals surface area (Å²) in [6.45, 7) is 6.53. The quantitative estimate of drug-likeness (QED) is 0.595. The zero-order valence-corrected chi connectivity index (χ0v) is 17.8. The number of ketones is 1. The number of hydrogen-bond acceptors (Lipinski definition) is 4. The lowest BCUT2D eigenvalue weighted by atomic mass is 9.81. The van der Waals surface area contributed by atoms with Crippen LogP contribution < -0.4 is 11.5 Å². The van der Waals surface area contributed by atoms with Crippen LogP contribution in [0.15, 0.2) is 6.20 Å². The molecule has 0 saturated heterocycles. The highest BCUT2D eigenvalue weighted by atomic mass is 16.1. The number of carbonyl (C=O) groups is 2. The smallest absolute Gasteiger partial charge is 0.217 e. The minimum Gasteiger partial charge on any atom is -0.370 e. The number of anilines is 1. The Morgan fingerprint density at radius 2 is 1.93 bits per heavy atom. The van der Waals surface area contributed by atoms with E-state index in [0.717, 1.165) is 18.5 Å². The van der Waals surface area contributed by atoms with Crippen molar-refractivity contribution in [3.63, 3.8) is 0 Å². The topological polar surface area (TPSA) is 104 Å². The van der Waals surface area contributed by atoms with Gasteiger partial charge < -0.3 is 16.0 Å². The number of nitrogens with two attached hydrogens (primary N) is 2. The second-order valence-corrected chi connectivity index (χ2v) is 8.80. The molecule has 1 fully saturated rings. The van der Waals surface area contributed by atoms with Crippen LogP contribution in [0.25, 0.3) is 0 Å². The predicted octanol–water partition coefficient (Wildman–Crippen LogP) is 4.04. The van der Waals surface area contributed by atoms with Gasteiger partial charge in [0.25, 0.3) is 0 Å². The molecule has 6 heteroatoms. The van der Waals surface area contributed by atoms with Gasteiger partial charge in [-0.15, -0.1) is 0 Å². The van der Waals surface area contributed by atoms with Crippen LogP contribution in [0, 0.1) is 17.8 Å². The highest BCUT2D eigenvalue weighted by molar-refractivity contribution is 5.83. The average molecular weight is 391 g/mol. The highest BCUT2D eigenvalue weighted by Crippen LogP contribution is 2.34. The van der Waals surface area contributed by atoms with Gasteiger partial charge in [-0.2, -0.15) is 0 Å². The molecule has 1 amide bonds. The summed E-state index contributed by atoms with van der Waals surface area (Å²) in [5.41, 5.74) is 12.2. The maximum atomic E-state index is 13.3. The minimum absolute atomic E-state index is 0.239. The van der Waals surface area contributed by atoms with E-state index in [0.29, 0.717) is 36.5 Å². The maximum Gasteiger partial charge on any atom is 0.217 e. The third-order valence-corrected chi connectivity index (χ3v) is 6.36. The maximum absolute atomic E-state index is 13.3. The van der Waals surface area contributed by atoms with E-state index in [-0.39, 0.29) is 24.2 Å². The van der Waals surface area contributed by atoms with Gasteiger partial charge in [0.15, 0.2) is 5.78 Å². The lowest BCUT2D eigenvalue weighted by Gasteiger charge is -2.28. The molecule has 2 atom stereocenters. The Hall–Kier alpha value is -1.85. The van der Waals surface area contributed by atoms with Crippen molar-refractivity contribution in [3.8, 4) is 0 Å². The molecule has 28 heavy (non-hydrogen) atoms. The van der Waals surface area contributed by atoms with E-state index in [9.17, 15) is 9.59 Å². The molecule has 1 aliphatic rings. The molecule has 0 aliphatic heterocycles. The predicted molar refractivity (Wildman–Crippen MR) is 113 cm³/mol. The van der Waals surface area contributed by atoms with E-state index in [1.54, 1.807) is 0 Å². The van der Waals surface area contributed by atoms with Gasteiger partial charge in [0.1, 0.15) is 0 Å². The Bertz CT molecular complexity index is 647. The number of aromatic nitrogens is 2. The summed E-state index contributed by atoms with van der Waals surface area (Å²) in [4.78, 5) is 28.8. The fraction of sp³-hybridized carbons (Fsp3) is 0.773. The Kier molecular flexibility index (Phi) is 8.52. The van der Waals surface area contributed by atoms with E-state index in [1.165, 1.54) is 32.1 Å². The number of hydrogen-bond donors (Lipinski definition) is 2. The summed E-state index contributed by atoms with van der Waals surface area (Å²) < 4.78 is 1.86. The average Bonchev–Trinajstić information content (AvgIpc) is 3.03. The number of nitrogen functional groups attached to an aromatic ring is 1. The fourth-order valence-electron chi connectivity index (χ4n) is 4.47. The first kappa shape index (κ1) is 22.4. The zero-order chi connectivity index (χ0) is 20.7. The lowest BCUT2D eigenvalue weighted by molar-refractivity contribution is -0.124. The highest BCUT2D eigenvalue weighted by Gasteiger charge is 2.29. The number of rotatable bonds is 11. The molecule has 1 aliphatic carbocycles. The first-order chi connectivity index (χ1) is 13.3. The van der Waals surface area contributed by atoms with Crippen molar-refractivity contribution >= 4 is 17.6 Å². The van der Waals surface area contributed by atoms with E-state index in [2.05, 4.69) is 25.8 Å². The molecule has 4 N–H and O–H groups in total. The van der Waals surface area contributed by atoms with Crippen molar-refractivity contribution < 1.29 is 9.59 Å². The van der Waals surface area contributed by atoms with Crippen LogP contribution in [0.3, 0.4) is 0 Å². The number of carbonyl (C=O) groups excluding carboxylic acids is 2. The Morgan fingerprint density at radius 1 is 1.25 bits per heavy atom. The van der Waals surface area contributed by atoms with Crippen molar-refractivity contribution in [2.24, 2.45) is 23.5 Å². The molecule has 1 heterocycles. The standard InChI is InChI=1S/C22H38N4O2/c1-4-17(15(2)3)13-20(27)19(12-16-8-6-5-7-9-16)26-14-18(25-22(26)24)10-11-21(23)28/h14-17,19H,4-13H2,1-3H3,(H2,23,28)(H2,24,25). The summed E-state index contributed by atoms with van der Waals surface area (Å²) >= 11 is 0. The van der Waals surface area contributed by atoms with Crippen LogP contribution in [0.2, 0.25) is 0 Å². The number of amides is 1. The molecule has 2 unspecified atom stereocenters. The molecular formula is C22H38N4O2. The van der Waals surface area contributed by atoms with E-state index in [1.807, 2.05) is 10.8 Å². The van der Waals surface area contributed by atoms with Gasteiger partial charge in [-0.25, -0.2) is 4.98 Å². The molecule has 158 valence electrons. The van der Waals surface area contributed by atoms with Gasteiger partial charge in [-0.05, 0) is 30.6 Å². The minimum atomic E-state index is -0.356. The SMILES string of the molecule is CCC(CC(=O)C(CC1CCCCC1)n1cc(CCC(N)=O)nc1N)C(C)C. The van der Waals surface area contributed by atoms with Crippen LogP contribution in [0.1, 0.15) is 90.3 Å².